The molecule has 82 valence electrons. The molecule has 0 heterocycles. The number of benzene rings is 1. The summed E-state index contributed by atoms with van der Waals surface area (Å²) in [6.07, 6.45) is 1.87. The molecule has 0 unspecified atom stereocenters. The number of halogens is 1. The normalized spacial score (nSPS) is 13.0. The third kappa shape index (κ3) is 3.94. The Bertz CT molecular complexity index is 325. The molecule has 0 saturated carbocycles. The molecule has 0 amide bonds. The Morgan fingerprint density at radius 2 is 2.33 bits per heavy atom. The van der Waals surface area contributed by atoms with E-state index in [9.17, 15) is 0 Å². The van der Waals surface area contributed by atoms with Gasteiger partial charge in [0.05, 0.1) is 7.11 Å². The number of rotatable bonds is 5. The zero-order valence-corrected chi connectivity index (χ0v) is 9.79. The van der Waals surface area contributed by atoms with Gasteiger partial charge in [-0.15, -0.1) is 0 Å². The lowest BCUT2D eigenvalue weighted by Crippen LogP contribution is -2.18. The molecular weight excluding hydrogens is 210 g/mol. The Balaban J connectivity index is 2.60. The molecule has 1 aromatic rings. The van der Waals surface area contributed by atoms with Crippen LogP contribution in [0, 0.1) is 0 Å². The maximum Gasteiger partial charge on any atom is 0.119 e. The fraction of sp³-hybridized carbons (Fsp3) is 0.333. The van der Waals surface area contributed by atoms with Crippen LogP contribution in [-0.4, -0.2) is 13.7 Å². The van der Waals surface area contributed by atoms with Crippen LogP contribution in [0.5, 0.6) is 5.75 Å². The van der Waals surface area contributed by atoms with Gasteiger partial charge in [0.1, 0.15) is 5.75 Å². The van der Waals surface area contributed by atoms with Crippen LogP contribution >= 0.6 is 11.6 Å². The van der Waals surface area contributed by atoms with Gasteiger partial charge in [-0.3, -0.25) is 0 Å². The molecule has 0 aromatic heterocycles. The lowest BCUT2D eigenvalue weighted by Gasteiger charge is -2.13. The lowest BCUT2D eigenvalue weighted by atomic mass is 10.1. The van der Waals surface area contributed by atoms with E-state index >= 15 is 0 Å². The molecule has 0 spiro atoms. The van der Waals surface area contributed by atoms with Gasteiger partial charge in [0.25, 0.3) is 0 Å². The number of hydrogen-bond donors (Lipinski definition) is 1. The second-order valence-corrected chi connectivity index (χ2v) is 3.52. The predicted octanol–water partition coefficient (Wildman–Crippen LogP) is 3.10. The van der Waals surface area contributed by atoms with Crippen molar-refractivity contribution >= 4 is 11.6 Å². The van der Waals surface area contributed by atoms with Crippen molar-refractivity contribution in [3.63, 3.8) is 0 Å². The highest BCUT2D eigenvalue weighted by atomic mass is 35.5. The monoisotopic (exact) mass is 225 g/mol. The lowest BCUT2D eigenvalue weighted by molar-refractivity contribution is 0.413. The van der Waals surface area contributed by atoms with Gasteiger partial charge >= 0.3 is 0 Å². The summed E-state index contributed by atoms with van der Waals surface area (Å²) in [4.78, 5) is 0. The van der Waals surface area contributed by atoms with Gasteiger partial charge in [-0.25, -0.2) is 0 Å². The zero-order valence-electron chi connectivity index (χ0n) is 9.03. The van der Waals surface area contributed by atoms with Crippen molar-refractivity contribution < 1.29 is 4.74 Å². The van der Waals surface area contributed by atoms with E-state index in [1.807, 2.05) is 24.3 Å². The Kier molecular flexibility index (Phi) is 5.22. The molecule has 0 radical (unpaired) electrons. The molecule has 2 nitrogen and oxygen atoms in total. The van der Waals surface area contributed by atoms with Gasteiger partial charge in [-0.1, -0.05) is 29.8 Å². The smallest absolute Gasteiger partial charge is 0.119 e. The molecule has 3 heteroatoms. The Morgan fingerprint density at radius 3 is 3.00 bits per heavy atom. The van der Waals surface area contributed by atoms with Gasteiger partial charge in [0.15, 0.2) is 0 Å². The fourth-order valence-electron chi connectivity index (χ4n) is 1.32. The summed E-state index contributed by atoms with van der Waals surface area (Å²) in [5.74, 6) is 0.883. The van der Waals surface area contributed by atoms with Crippen LogP contribution in [0.2, 0.25) is 0 Å². The molecule has 1 rings (SSSR count). The standard InChI is InChI=1S/C12H16ClNO/c1-10(14-8-4-7-13)11-5-3-6-12(9-11)15-2/h3-7,9-10,14H,8H2,1-2H3/b7-4+/t10-/m0/s1. The minimum atomic E-state index is 0.285. The second-order valence-electron chi connectivity index (χ2n) is 3.27. The maximum atomic E-state index is 5.44. The first-order chi connectivity index (χ1) is 7.27. The summed E-state index contributed by atoms with van der Waals surface area (Å²) < 4.78 is 5.17. The number of ether oxygens (including phenoxy) is 1. The highest BCUT2D eigenvalue weighted by molar-refractivity contribution is 6.25. The average Bonchev–Trinajstić information content (AvgIpc) is 2.29. The van der Waals surface area contributed by atoms with E-state index < -0.39 is 0 Å². The van der Waals surface area contributed by atoms with Crippen LogP contribution in [0.25, 0.3) is 0 Å². The first-order valence-electron chi connectivity index (χ1n) is 4.90. The molecule has 0 aliphatic rings. The molecule has 15 heavy (non-hydrogen) atoms. The average molecular weight is 226 g/mol. The van der Waals surface area contributed by atoms with E-state index in [0.717, 1.165) is 12.3 Å². The van der Waals surface area contributed by atoms with Crippen LogP contribution in [0.3, 0.4) is 0 Å². The summed E-state index contributed by atoms with van der Waals surface area (Å²) in [6.45, 7) is 2.87. The highest BCUT2D eigenvalue weighted by Gasteiger charge is 2.03. The van der Waals surface area contributed by atoms with Crippen LogP contribution < -0.4 is 10.1 Å². The largest absolute Gasteiger partial charge is 0.497 e. The Morgan fingerprint density at radius 1 is 1.53 bits per heavy atom. The minimum Gasteiger partial charge on any atom is -0.497 e. The molecule has 0 fully saturated rings. The van der Waals surface area contributed by atoms with Gasteiger partial charge in [0.2, 0.25) is 0 Å². The molecule has 1 atom stereocenters. The topological polar surface area (TPSA) is 21.3 Å². The summed E-state index contributed by atoms with van der Waals surface area (Å²) in [6, 6.07) is 8.32. The van der Waals surface area contributed by atoms with E-state index in [2.05, 4.69) is 18.3 Å². The van der Waals surface area contributed by atoms with E-state index in [1.165, 1.54) is 11.1 Å². The number of methoxy groups -OCH3 is 1. The Hall–Kier alpha value is -0.990. The molecule has 0 saturated heterocycles. The van der Waals surface area contributed by atoms with Crippen molar-refractivity contribution in [3.05, 3.63) is 41.4 Å². The molecule has 1 aromatic carbocycles. The third-order valence-corrected chi connectivity index (χ3v) is 2.40. The summed E-state index contributed by atoms with van der Waals surface area (Å²) in [7, 11) is 1.67. The number of hydrogen-bond acceptors (Lipinski definition) is 2. The predicted molar refractivity (Wildman–Crippen MR) is 64.4 cm³/mol. The molecular formula is C12H16ClNO. The van der Waals surface area contributed by atoms with Gasteiger partial charge in [-0.2, -0.15) is 0 Å². The van der Waals surface area contributed by atoms with Crippen molar-refractivity contribution in [1.29, 1.82) is 0 Å². The van der Waals surface area contributed by atoms with E-state index in [0.29, 0.717) is 0 Å². The SMILES string of the molecule is COc1cccc([C@H](C)NC/C=C/Cl)c1. The van der Waals surface area contributed by atoms with Gasteiger partial charge in [-0.05, 0) is 24.6 Å². The van der Waals surface area contributed by atoms with Crippen molar-refractivity contribution in [3.8, 4) is 5.75 Å². The van der Waals surface area contributed by atoms with Crippen molar-refractivity contribution in [2.45, 2.75) is 13.0 Å². The zero-order chi connectivity index (χ0) is 11.1. The van der Waals surface area contributed by atoms with Crippen LogP contribution in [0.15, 0.2) is 35.9 Å². The third-order valence-electron chi connectivity index (χ3n) is 2.22. The quantitative estimate of drug-likeness (QED) is 0.832. The van der Waals surface area contributed by atoms with Crippen molar-refractivity contribution in [2.24, 2.45) is 0 Å². The van der Waals surface area contributed by atoms with E-state index in [-0.39, 0.29) is 6.04 Å². The summed E-state index contributed by atoms with van der Waals surface area (Å²) >= 11 is 5.44. The summed E-state index contributed by atoms with van der Waals surface area (Å²) in [5, 5.41) is 3.32. The minimum absolute atomic E-state index is 0.285. The Labute approximate surface area is 95.9 Å². The summed E-state index contributed by atoms with van der Waals surface area (Å²) in [5.41, 5.74) is 2.72. The van der Waals surface area contributed by atoms with Crippen LogP contribution in [0.1, 0.15) is 18.5 Å². The molecule has 0 aliphatic carbocycles. The van der Waals surface area contributed by atoms with E-state index in [4.69, 9.17) is 16.3 Å². The van der Waals surface area contributed by atoms with Crippen molar-refractivity contribution in [1.82, 2.24) is 5.32 Å². The first-order valence-corrected chi connectivity index (χ1v) is 5.34. The molecule has 1 N–H and O–H groups in total. The van der Waals surface area contributed by atoms with Crippen LogP contribution in [0.4, 0.5) is 0 Å². The van der Waals surface area contributed by atoms with Crippen LogP contribution in [-0.2, 0) is 0 Å². The fourth-order valence-corrected chi connectivity index (χ4v) is 1.41. The maximum absolute atomic E-state index is 5.44. The van der Waals surface area contributed by atoms with Gasteiger partial charge < -0.3 is 10.1 Å². The first kappa shape index (κ1) is 12.1. The molecule has 0 aliphatic heterocycles. The molecule has 0 bridgehead atoms. The second kappa shape index (κ2) is 6.49. The van der Waals surface area contributed by atoms with E-state index in [1.54, 1.807) is 7.11 Å². The number of nitrogens with one attached hydrogen (secondary N) is 1. The van der Waals surface area contributed by atoms with Crippen molar-refractivity contribution in [2.75, 3.05) is 13.7 Å². The highest BCUT2D eigenvalue weighted by Crippen LogP contribution is 2.18. The van der Waals surface area contributed by atoms with Gasteiger partial charge in [0, 0.05) is 18.1 Å².